The van der Waals surface area contributed by atoms with E-state index in [4.69, 9.17) is 12.2 Å². The van der Waals surface area contributed by atoms with Crippen LogP contribution in [0.5, 0.6) is 0 Å². The Morgan fingerprint density at radius 3 is 2.91 bits per heavy atom. The molecule has 22 heavy (non-hydrogen) atoms. The van der Waals surface area contributed by atoms with Crippen molar-refractivity contribution in [1.29, 1.82) is 0 Å². The zero-order chi connectivity index (χ0) is 15.4. The second-order valence-corrected chi connectivity index (χ2v) is 6.78. The van der Waals surface area contributed by atoms with Gasteiger partial charge in [-0.1, -0.05) is 30.0 Å². The predicted molar refractivity (Wildman–Crippen MR) is 96.2 cm³/mol. The van der Waals surface area contributed by atoms with Gasteiger partial charge in [0.05, 0.1) is 17.0 Å². The van der Waals surface area contributed by atoms with Gasteiger partial charge < -0.3 is 10.2 Å². The van der Waals surface area contributed by atoms with Crippen molar-refractivity contribution in [3.05, 3.63) is 36.5 Å². The Kier molecular flexibility index (Phi) is 4.90. The molecule has 1 fully saturated rings. The molecule has 1 aliphatic rings. The standard InChI is InChI=1S/C16H17N3OS2/c20-15(11-22-16(21)19-9-1-2-10-19)18-14-7-3-6-13-12(14)5-4-8-17-13/h3-8H,1-2,9-11H2,(H,18,20). The molecule has 2 heterocycles. The first-order valence-electron chi connectivity index (χ1n) is 7.29. The van der Waals surface area contributed by atoms with E-state index in [0.29, 0.717) is 5.75 Å². The largest absolute Gasteiger partial charge is 0.358 e. The lowest BCUT2D eigenvalue weighted by molar-refractivity contribution is -0.113. The van der Waals surface area contributed by atoms with Gasteiger partial charge in [-0.2, -0.15) is 0 Å². The number of anilines is 1. The summed E-state index contributed by atoms with van der Waals surface area (Å²) in [5.41, 5.74) is 1.67. The smallest absolute Gasteiger partial charge is 0.234 e. The van der Waals surface area contributed by atoms with E-state index >= 15 is 0 Å². The predicted octanol–water partition coefficient (Wildman–Crippen LogP) is 3.29. The van der Waals surface area contributed by atoms with Crippen molar-refractivity contribution in [3.63, 3.8) is 0 Å². The number of nitrogens with one attached hydrogen (secondary N) is 1. The second-order valence-electron chi connectivity index (χ2n) is 5.17. The first kappa shape index (κ1) is 15.2. The van der Waals surface area contributed by atoms with E-state index in [1.807, 2.05) is 30.3 Å². The third-order valence-electron chi connectivity index (χ3n) is 3.61. The highest BCUT2D eigenvalue weighted by atomic mass is 32.2. The molecule has 0 radical (unpaired) electrons. The molecule has 4 nitrogen and oxygen atoms in total. The Morgan fingerprint density at radius 1 is 1.27 bits per heavy atom. The number of thiocarbonyl (C=S) groups is 1. The number of rotatable bonds is 3. The quantitative estimate of drug-likeness (QED) is 0.875. The van der Waals surface area contributed by atoms with Crippen LogP contribution in [0.4, 0.5) is 5.69 Å². The molecule has 0 saturated carbocycles. The fourth-order valence-electron chi connectivity index (χ4n) is 2.52. The van der Waals surface area contributed by atoms with Crippen molar-refractivity contribution in [2.24, 2.45) is 0 Å². The summed E-state index contributed by atoms with van der Waals surface area (Å²) in [5, 5.41) is 3.90. The molecular weight excluding hydrogens is 314 g/mol. The zero-order valence-corrected chi connectivity index (χ0v) is 13.8. The number of aromatic nitrogens is 1. The van der Waals surface area contributed by atoms with E-state index in [-0.39, 0.29) is 5.91 Å². The maximum absolute atomic E-state index is 12.1. The van der Waals surface area contributed by atoms with Crippen LogP contribution >= 0.6 is 24.0 Å². The molecule has 0 spiro atoms. The average Bonchev–Trinajstić information content (AvgIpc) is 3.07. The number of likely N-dealkylation sites (tertiary alicyclic amines) is 1. The van der Waals surface area contributed by atoms with Crippen LogP contribution in [0.25, 0.3) is 10.9 Å². The highest BCUT2D eigenvalue weighted by Gasteiger charge is 2.16. The summed E-state index contributed by atoms with van der Waals surface area (Å²) in [5.74, 6) is 0.300. The van der Waals surface area contributed by atoms with Crippen LogP contribution in [-0.4, -0.2) is 39.0 Å². The SMILES string of the molecule is O=C(CSC(=S)N1CCCC1)Nc1cccc2ncccc12. The van der Waals surface area contributed by atoms with Gasteiger partial charge in [-0.25, -0.2) is 0 Å². The van der Waals surface area contributed by atoms with Crippen LogP contribution in [0.2, 0.25) is 0 Å². The summed E-state index contributed by atoms with van der Waals surface area (Å²) in [4.78, 5) is 18.6. The molecular formula is C16H17N3OS2. The number of nitrogens with zero attached hydrogens (tertiary/aromatic N) is 2. The summed E-state index contributed by atoms with van der Waals surface area (Å²) < 4.78 is 0.826. The fourth-order valence-corrected chi connectivity index (χ4v) is 3.57. The molecule has 114 valence electrons. The van der Waals surface area contributed by atoms with E-state index in [9.17, 15) is 4.79 Å². The molecule has 2 aromatic rings. The van der Waals surface area contributed by atoms with Crippen molar-refractivity contribution in [2.45, 2.75) is 12.8 Å². The minimum atomic E-state index is -0.0390. The monoisotopic (exact) mass is 331 g/mol. The first-order chi connectivity index (χ1) is 10.7. The number of carbonyl (C=O) groups excluding carboxylic acids is 1. The molecule has 1 aromatic carbocycles. The highest BCUT2D eigenvalue weighted by molar-refractivity contribution is 8.23. The maximum atomic E-state index is 12.1. The van der Waals surface area contributed by atoms with Gasteiger partial charge in [-0.15, -0.1) is 0 Å². The van der Waals surface area contributed by atoms with Crippen LogP contribution in [-0.2, 0) is 4.79 Å². The Hall–Kier alpha value is -1.66. The van der Waals surface area contributed by atoms with Crippen LogP contribution in [0.15, 0.2) is 36.5 Å². The summed E-state index contributed by atoms with van der Waals surface area (Å²) in [6.45, 7) is 2.03. The maximum Gasteiger partial charge on any atom is 0.234 e. The fraction of sp³-hybridized carbons (Fsp3) is 0.312. The number of thioether (sulfide) groups is 1. The number of hydrogen-bond donors (Lipinski definition) is 1. The minimum Gasteiger partial charge on any atom is -0.358 e. The van der Waals surface area contributed by atoms with Crippen molar-refractivity contribution >= 4 is 50.8 Å². The molecule has 1 saturated heterocycles. The molecule has 1 amide bonds. The molecule has 6 heteroatoms. The Balaban J connectivity index is 1.60. The van der Waals surface area contributed by atoms with Gasteiger partial charge in [0.2, 0.25) is 5.91 Å². The Bertz CT molecular complexity index is 693. The number of hydrogen-bond acceptors (Lipinski definition) is 4. The number of fused-ring (bicyclic) bond motifs is 1. The Morgan fingerprint density at radius 2 is 2.09 bits per heavy atom. The number of pyridine rings is 1. The molecule has 0 unspecified atom stereocenters. The molecule has 1 aromatic heterocycles. The van der Waals surface area contributed by atoms with Gasteiger partial charge >= 0.3 is 0 Å². The zero-order valence-electron chi connectivity index (χ0n) is 12.1. The third-order valence-corrected chi connectivity index (χ3v) is 5.13. The summed E-state index contributed by atoms with van der Waals surface area (Å²) in [7, 11) is 0. The van der Waals surface area contributed by atoms with Gasteiger partial charge in [-0.3, -0.25) is 9.78 Å². The summed E-state index contributed by atoms with van der Waals surface area (Å²) >= 11 is 6.81. The van der Waals surface area contributed by atoms with Crippen LogP contribution in [0.3, 0.4) is 0 Å². The van der Waals surface area contributed by atoms with Gasteiger partial charge in [-0.05, 0) is 37.1 Å². The van der Waals surface area contributed by atoms with E-state index < -0.39 is 0 Å². The van der Waals surface area contributed by atoms with Gasteiger partial charge in [0.25, 0.3) is 0 Å². The highest BCUT2D eigenvalue weighted by Crippen LogP contribution is 2.22. The van der Waals surface area contributed by atoms with Gasteiger partial charge in [0, 0.05) is 24.7 Å². The molecule has 0 bridgehead atoms. The lowest BCUT2D eigenvalue weighted by Gasteiger charge is -2.17. The lowest BCUT2D eigenvalue weighted by Crippen LogP contribution is -2.25. The van der Waals surface area contributed by atoms with Crippen molar-refractivity contribution in [1.82, 2.24) is 9.88 Å². The van der Waals surface area contributed by atoms with Crippen LogP contribution < -0.4 is 5.32 Å². The minimum absolute atomic E-state index is 0.0390. The normalized spacial score (nSPS) is 14.3. The number of carbonyl (C=O) groups is 1. The lowest BCUT2D eigenvalue weighted by atomic mass is 10.2. The molecule has 0 aliphatic carbocycles. The number of amides is 1. The van der Waals surface area contributed by atoms with Crippen LogP contribution in [0, 0.1) is 0 Å². The molecule has 0 atom stereocenters. The topological polar surface area (TPSA) is 45.2 Å². The van der Waals surface area contributed by atoms with Crippen molar-refractivity contribution in [2.75, 3.05) is 24.2 Å². The van der Waals surface area contributed by atoms with Crippen LogP contribution in [0.1, 0.15) is 12.8 Å². The third kappa shape index (κ3) is 3.56. The van der Waals surface area contributed by atoms with Gasteiger partial charge in [0.15, 0.2) is 0 Å². The summed E-state index contributed by atoms with van der Waals surface area (Å²) in [6, 6.07) is 9.55. The number of benzene rings is 1. The summed E-state index contributed by atoms with van der Waals surface area (Å²) in [6.07, 6.45) is 4.13. The van der Waals surface area contributed by atoms with Gasteiger partial charge in [0.1, 0.15) is 4.32 Å². The van der Waals surface area contributed by atoms with E-state index in [0.717, 1.165) is 34.0 Å². The molecule has 1 N–H and O–H groups in total. The average molecular weight is 331 g/mol. The Labute approximate surface area is 139 Å². The van der Waals surface area contributed by atoms with E-state index in [1.54, 1.807) is 6.20 Å². The first-order valence-corrected chi connectivity index (χ1v) is 8.69. The van der Waals surface area contributed by atoms with Crippen molar-refractivity contribution < 1.29 is 4.79 Å². The van der Waals surface area contributed by atoms with Crippen molar-refractivity contribution in [3.8, 4) is 0 Å². The van der Waals surface area contributed by atoms with E-state index in [2.05, 4.69) is 15.2 Å². The molecule has 3 rings (SSSR count). The van der Waals surface area contributed by atoms with E-state index in [1.165, 1.54) is 24.6 Å². The molecule has 1 aliphatic heterocycles. The second kappa shape index (κ2) is 7.07.